The van der Waals surface area contributed by atoms with E-state index in [0.29, 0.717) is 52.4 Å². The van der Waals surface area contributed by atoms with Crippen molar-refractivity contribution in [1.29, 1.82) is 0 Å². The zero-order valence-electron chi connectivity index (χ0n) is 18.5. The molecule has 0 atom stereocenters. The van der Waals surface area contributed by atoms with Crippen molar-refractivity contribution in [3.8, 4) is 16.9 Å². The summed E-state index contributed by atoms with van der Waals surface area (Å²) in [6, 6.07) is 6.57. The number of ether oxygens (including phenoxy) is 1. The molecule has 1 amide bonds. The Labute approximate surface area is 208 Å². The maximum absolute atomic E-state index is 14.4. The minimum atomic E-state index is -4.63. The third-order valence-corrected chi connectivity index (χ3v) is 6.64. The number of carboxylic acid groups (broad SMARTS) is 1. The molecular weight excluding hydrogens is 506 g/mol. The van der Waals surface area contributed by atoms with Gasteiger partial charge in [-0.2, -0.15) is 13.2 Å². The number of amides is 1. The van der Waals surface area contributed by atoms with E-state index < -0.39 is 23.5 Å². The molecule has 0 spiro atoms. The van der Waals surface area contributed by atoms with Crippen LogP contribution in [0.15, 0.2) is 41.3 Å². The molecule has 5 nitrogen and oxygen atoms in total. The molecule has 1 heterocycles. The molecule has 0 radical (unpaired) electrons. The number of carboxylic acids is 1. The Morgan fingerprint density at radius 3 is 2.57 bits per heavy atom. The van der Waals surface area contributed by atoms with Crippen molar-refractivity contribution >= 4 is 46.3 Å². The number of aliphatic carboxylic acids is 1. The molecule has 3 rings (SSSR count). The van der Waals surface area contributed by atoms with Crippen LogP contribution < -0.4 is 4.74 Å². The number of rotatable bonds is 9. The van der Waals surface area contributed by atoms with E-state index in [0.717, 1.165) is 23.9 Å². The summed E-state index contributed by atoms with van der Waals surface area (Å²) >= 11 is 6.38. The molecule has 1 fully saturated rings. The molecule has 0 aliphatic carbocycles. The lowest BCUT2D eigenvalue weighted by Gasteiger charge is -2.14. The zero-order valence-corrected chi connectivity index (χ0v) is 20.2. The van der Waals surface area contributed by atoms with Gasteiger partial charge >= 0.3 is 12.1 Å². The van der Waals surface area contributed by atoms with Crippen molar-refractivity contribution in [3.05, 3.63) is 58.2 Å². The number of carbonyl (C=O) groups is 2. The van der Waals surface area contributed by atoms with Crippen molar-refractivity contribution in [3.63, 3.8) is 0 Å². The average Bonchev–Trinajstić information content (AvgIpc) is 3.05. The highest BCUT2D eigenvalue weighted by molar-refractivity contribution is 8.26. The van der Waals surface area contributed by atoms with E-state index in [1.165, 1.54) is 36.3 Å². The van der Waals surface area contributed by atoms with E-state index in [2.05, 4.69) is 0 Å². The molecule has 186 valence electrons. The summed E-state index contributed by atoms with van der Waals surface area (Å²) in [5, 5.41) is 8.71. The van der Waals surface area contributed by atoms with Gasteiger partial charge in [-0.1, -0.05) is 36.5 Å². The van der Waals surface area contributed by atoms with Crippen molar-refractivity contribution in [2.45, 2.75) is 31.9 Å². The van der Waals surface area contributed by atoms with Crippen molar-refractivity contribution in [2.75, 3.05) is 13.7 Å². The largest absolute Gasteiger partial charge is 0.496 e. The molecule has 2 aromatic carbocycles. The van der Waals surface area contributed by atoms with Gasteiger partial charge in [0.05, 0.1) is 17.6 Å². The fourth-order valence-corrected chi connectivity index (χ4v) is 4.79. The SMILES string of the molecule is COc1ccc(-c2cc(C(F)(F)F)ccc2F)cc1/C=C1\SC(=S)N(CCCCCC(=O)O)C1=O. The molecule has 2 aromatic rings. The van der Waals surface area contributed by atoms with Crippen LogP contribution in [0.3, 0.4) is 0 Å². The summed E-state index contributed by atoms with van der Waals surface area (Å²) in [6.45, 7) is 0.342. The Kier molecular flexibility index (Phi) is 8.55. The topological polar surface area (TPSA) is 66.8 Å². The zero-order chi connectivity index (χ0) is 25.8. The maximum atomic E-state index is 14.4. The third-order valence-electron chi connectivity index (χ3n) is 5.27. The summed E-state index contributed by atoms with van der Waals surface area (Å²) < 4.78 is 59.5. The molecule has 0 unspecified atom stereocenters. The van der Waals surface area contributed by atoms with Crippen LogP contribution in [0.1, 0.15) is 36.8 Å². The number of alkyl halides is 3. The summed E-state index contributed by atoms with van der Waals surface area (Å²) in [5.41, 5.74) is -0.639. The number of thioether (sulfide) groups is 1. The standard InChI is InChI=1S/C24H21F4NO4S2/c1-33-19-9-6-14(17-13-16(24(26,27)28)7-8-18(17)25)11-15(19)12-20-22(32)29(23(34)35-20)10-4-2-3-5-21(30)31/h6-9,11-13H,2-5,10H2,1H3,(H,30,31)/b20-12-. The van der Waals surface area contributed by atoms with Gasteiger partial charge in [-0.05, 0) is 54.8 Å². The lowest BCUT2D eigenvalue weighted by molar-refractivity contribution is -0.138. The lowest BCUT2D eigenvalue weighted by Crippen LogP contribution is -2.29. The monoisotopic (exact) mass is 527 g/mol. The van der Waals surface area contributed by atoms with Crippen LogP contribution in [0, 0.1) is 5.82 Å². The number of thiocarbonyl (C=S) groups is 1. The third kappa shape index (κ3) is 6.61. The highest BCUT2D eigenvalue weighted by Crippen LogP contribution is 2.38. The minimum absolute atomic E-state index is 0.0565. The van der Waals surface area contributed by atoms with E-state index in [-0.39, 0.29) is 23.5 Å². The van der Waals surface area contributed by atoms with Crippen molar-refractivity contribution in [1.82, 2.24) is 4.90 Å². The van der Waals surface area contributed by atoms with Gasteiger partial charge in [-0.25, -0.2) is 4.39 Å². The molecule has 1 aliphatic rings. The Balaban J connectivity index is 1.86. The first-order chi connectivity index (χ1) is 16.5. The highest BCUT2D eigenvalue weighted by atomic mass is 32.2. The minimum Gasteiger partial charge on any atom is -0.496 e. The molecule has 35 heavy (non-hydrogen) atoms. The smallest absolute Gasteiger partial charge is 0.416 e. The number of hydrogen-bond acceptors (Lipinski definition) is 5. The fraction of sp³-hybridized carbons (Fsp3) is 0.292. The second-order valence-corrected chi connectivity index (χ2v) is 9.36. The summed E-state index contributed by atoms with van der Waals surface area (Å²) in [4.78, 5) is 25.2. The number of nitrogens with zero attached hydrogens (tertiary/aromatic N) is 1. The highest BCUT2D eigenvalue weighted by Gasteiger charge is 2.32. The van der Waals surface area contributed by atoms with Crippen LogP contribution in [0.25, 0.3) is 17.2 Å². The molecule has 1 saturated heterocycles. The van der Waals surface area contributed by atoms with Crippen molar-refractivity contribution < 1.29 is 37.0 Å². The van der Waals surface area contributed by atoms with Gasteiger partial charge in [0.15, 0.2) is 0 Å². The predicted molar refractivity (Wildman–Crippen MR) is 129 cm³/mol. The van der Waals surface area contributed by atoms with Gasteiger partial charge in [0.2, 0.25) is 0 Å². The molecule has 0 saturated carbocycles. The summed E-state index contributed by atoms with van der Waals surface area (Å²) in [5.74, 6) is -1.68. The van der Waals surface area contributed by atoms with E-state index in [4.69, 9.17) is 22.1 Å². The first kappa shape index (κ1) is 26.7. The second kappa shape index (κ2) is 11.2. The molecule has 11 heteroatoms. The van der Waals surface area contributed by atoms with Crippen LogP contribution in [-0.2, 0) is 15.8 Å². The predicted octanol–water partition coefficient (Wildman–Crippen LogP) is 6.37. The Hall–Kier alpha value is -2.92. The van der Waals surface area contributed by atoms with Gasteiger partial charge in [0.1, 0.15) is 15.9 Å². The quantitative estimate of drug-likeness (QED) is 0.177. The first-order valence-electron chi connectivity index (χ1n) is 10.5. The van der Waals surface area contributed by atoms with E-state index in [1.54, 1.807) is 0 Å². The fourth-order valence-electron chi connectivity index (χ4n) is 3.49. The van der Waals surface area contributed by atoms with Crippen molar-refractivity contribution in [2.24, 2.45) is 0 Å². The number of carbonyl (C=O) groups excluding carboxylic acids is 1. The van der Waals surface area contributed by atoms with E-state index >= 15 is 0 Å². The molecule has 1 N–H and O–H groups in total. The molecular formula is C24H21F4NO4S2. The number of halogens is 4. The molecule has 0 bridgehead atoms. The van der Waals surface area contributed by atoms with Crippen LogP contribution in [-0.4, -0.2) is 39.9 Å². The van der Waals surface area contributed by atoms with Gasteiger partial charge in [-0.3, -0.25) is 14.5 Å². The Morgan fingerprint density at radius 1 is 1.17 bits per heavy atom. The summed E-state index contributed by atoms with van der Waals surface area (Å²) in [7, 11) is 1.40. The number of methoxy groups -OCH3 is 1. The number of hydrogen-bond donors (Lipinski definition) is 1. The van der Waals surface area contributed by atoms with Gasteiger partial charge in [0.25, 0.3) is 5.91 Å². The normalized spacial score (nSPS) is 15.2. The van der Waals surface area contributed by atoms with Gasteiger partial charge in [-0.15, -0.1) is 0 Å². The first-order valence-corrected chi connectivity index (χ1v) is 11.8. The maximum Gasteiger partial charge on any atom is 0.416 e. The van der Waals surface area contributed by atoms with Crippen LogP contribution >= 0.6 is 24.0 Å². The van der Waals surface area contributed by atoms with Gasteiger partial charge < -0.3 is 9.84 Å². The van der Waals surface area contributed by atoms with Crippen LogP contribution in [0.5, 0.6) is 5.75 Å². The average molecular weight is 528 g/mol. The van der Waals surface area contributed by atoms with Crippen LogP contribution in [0.4, 0.5) is 17.6 Å². The van der Waals surface area contributed by atoms with Gasteiger partial charge in [0, 0.05) is 24.1 Å². The summed E-state index contributed by atoms with van der Waals surface area (Å²) in [6.07, 6.45) is -1.35. The van der Waals surface area contributed by atoms with Crippen LogP contribution in [0.2, 0.25) is 0 Å². The Morgan fingerprint density at radius 2 is 1.91 bits per heavy atom. The lowest BCUT2D eigenvalue weighted by atomic mass is 9.99. The molecule has 1 aliphatic heterocycles. The number of benzene rings is 2. The van der Waals surface area contributed by atoms with E-state index in [1.807, 2.05) is 0 Å². The second-order valence-electron chi connectivity index (χ2n) is 7.69. The Bertz CT molecular complexity index is 1180. The molecule has 0 aromatic heterocycles. The van der Waals surface area contributed by atoms with E-state index in [9.17, 15) is 27.2 Å². The number of unbranched alkanes of at least 4 members (excludes halogenated alkanes) is 2.